The standard InChI is InChI=1S/C16H15BrN4O2S/c1-21-11-13(10-19-21)15-7-6-12(8-18-15)9-20-24(22,23)16-5-3-2-4-14(16)17/h2-8,10-11,20H,9H2,1H3. The van der Waals surface area contributed by atoms with Gasteiger partial charge in [0.05, 0.1) is 16.8 Å². The molecule has 2 heterocycles. The molecule has 0 aliphatic rings. The number of hydrogen-bond donors (Lipinski definition) is 1. The van der Waals surface area contributed by atoms with E-state index < -0.39 is 10.0 Å². The van der Waals surface area contributed by atoms with Crippen molar-refractivity contribution in [3.05, 3.63) is 65.0 Å². The van der Waals surface area contributed by atoms with E-state index in [0.717, 1.165) is 16.8 Å². The molecule has 0 bridgehead atoms. The van der Waals surface area contributed by atoms with E-state index in [1.54, 1.807) is 41.3 Å². The first-order valence-corrected chi connectivity index (χ1v) is 9.41. The van der Waals surface area contributed by atoms with Crippen LogP contribution < -0.4 is 4.72 Å². The van der Waals surface area contributed by atoms with Gasteiger partial charge in [0.25, 0.3) is 0 Å². The smallest absolute Gasteiger partial charge is 0.241 e. The number of halogens is 1. The quantitative estimate of drug-likeness (QED) is 0.706. The fraction of sp³-hybridized carbons (Fsp3) is 0.125. The number of nitrogens with zero attached hydrogens (tertiary/aromatic N) is 3. The van der Waals surface area contributed by atoms with Crippen molar-refractivity contribution in [2.45, 2.75) is 11.4 Å². The van der Waals surface area contributed by atoms with Crippen LogP contribution in [0.15, 0.2) is 64.4 Å². The van der Waals surface area contributed by atoms with Gasteiger partial charge in [0.2, 0.25) is 10.0 Å². The molecule has 0 radical (unpaired) electrons. The number of hydrogen-bond acceptors (Lipinski definition) is 4. The lowest BCUT2D eigenvalue weighted by Gasteiger charge is -2.08. The maximum absolute atomic E-state index is 12.3. The van der Waals surface area contributed by atoms with Crippen LogP contribution in [0.5, 0.6) is 0 Å². The molecule has 0 aliphatic heterocycles. The molecule has 3 aromatic rings. The summed E-state index contributed by atoms with van der Waals surface area (Å²) in [5.74, 6) is 0. The lowest BCUT2D eigenvalue weighted by molar-refractivity contribution is 0.580. The van der Waals surface area contributed by atoms with Gasteiger partial charge in [-0.3, -0.25) is 9.67 Å². The molecule has 0 aliphatic carbocycles. The Bertz CT molecular complexity index is 952. The van der Waals surface area contributed by atoms with Crippen LogP contribution in [0.25, 0.3) is 11.3 Å². The Hall–Kier alpha value is -2.03. The molecule has 0 fully saturated rings. The lowest BCUT2D eigenvalue weighted by atomic mass is 10.2. The zero-order valence-corrected chi connectivity index (χ0v) is 15.3. The summed E-state index contributed by atoms with van der Waals surface area (Å²) in [5, 5.41) is 4.11. The summed E-state index contributed by atoms with van der Waals surface area (Å²) < 4.78 is 29.5. The van der Waals surface area contributed by atoms with Crippen LogP contribution in [0.3, 0.4) is 0 Å². The Morgan fingerprint density at radius 2 is 1.96 bits per heavy atom. The molecule has 0 atom stereocenters. The van der Waals surface area contributed by atoms with Gasteiger partial charge in [-0.15, -0.1) is 0 Å². The Morgan fingerprint density at radius 1 is 1.17 bits per heavy atom. The highest BCUT2D eigenvalue weighted by Crippen LogP contribution is 2.21. The zero-order valence-electron chi connectivity index (χ0n) is 12.8. The molecule has 0 spiro atoms. The summed E-state index contributed by atoms with van der Waals surface area (Å²) in [6.07, 6.45) is 5.26. The van der Waals surface area contributed by atoms with Gasteiger partial charge in [-0.2, -0.15) is 5.10 Å². The van der Waals surface area contributed by atoms with Crippen LogP contribution in [-0.4, -0.2) is 23.2 Å². The molecule has 1 N–H and O–H groups in total. The lowest BCUT2D eigenvalue weighted by Crippen LogP contribution is -2.23. The third kappa shape index (κ3) is 3.72. The molecule has 0 unspecified atom stereocenters. The van der Waals surface area contributed by atoms with Crippen molar-refractivity contribution in [1.29, 1.82) is 0 Å². The fourth-order valence-corrected chi connectivity index (χ4v) is 4.19. The fourth-order valence-electron chi connectivity index (χ4n) is 2.17. The van der Waals surface area contributed by atoms with E-state index in [-0.39, 0.29) is 11.4 Å². The largest absolute Gasteiger partial charge is 0.275 e. The zero-order chi connectivity index (χ0) is 17.2. The van der Waals surface area contributed by atoms with Crippen LogP contribution in [0.4, 0.5) is 0 Å². The van der Waals surface area contributed by atoms with Gasteiger partial charge in [-0.1, -0.05) is 18.2 Å². The predicted octanol–water partition coefficient (Wildman–Crippen LogP) is 2.72. The van der Waals surface area contributed by atoms with Gasteiger partial charge in [-0.05, 0) is 39.7 Å². The van der Waals surface area contributed by atoms with Crippen LogP contribution >= 0.6 is 15.9 Å². The number of aryl methyl sites for hydroxylation is 1. The number of rotatable bonds is 5. The highest BCUT2D eigenvalue weighted by Gasteiger charge is 2.16. The molecule has 3 rings (SSSR count). The first kappa shape index (κ1) is 16.8. The SMILES string of the molecule is Cn1cc(-c2ccc(CNS(=O)(=O)c3ccccc3Br)cn2)cn1. The van der Waals surface area contributed by atoms with Crippen molar-refractivity contribution >= 4 is 26.0 Å². The number of benzene rings is 1. The Labute approximate surface area is 148 Å². The molecule has 124 valence electrons. The van der Waals surface area contributed by atoms with Gasteiger partial charge in [0.15, 0.2) is 0 Å². The van der Waals surface area contributed by atoms with Gasteiger partial charge in [0, 0.05) is 36.0 Å². The maximum Gasteiger partial charge on any atom is 0.241 e. The van der Waals surface area contributed by atoms with Crippen molar-refractivity contribution < 1.29 is 8.42 Å². The van der Waals surface area contributed by atoms with Gasteiger partial charge in [0.1, 0.15) is 0 Å². The predicted molar refractivity (Wildman–Crippen MR) is 94.6 cm³/mol. The summed E-state index contributed by atoms with van der Waals surface area (Å²) in [6.45, 7) is 0.171. The molecule has 0 saturated heterocycles. The molecule has 0 saturated carbocycles. The van der Waals surface area contributed by atoms with E-state index in [2.05, 4.69) is 30.7 Å². The average Bonchev–Trinajstić information content (AvgIpc) is 3.00. The summed E-state index contributed by atoms with van der Waals surface area (Å²) >= 11 is 3.26. The third-order valence-electron chi connectivity index (χ3n) is 3.42. The summed E-state index contributed by atoms with van der Waals surface area (Å²) in [5.41, 5.74) is 2.48. The average molecular weight is 407 g/mol. The van der Waals surface area contributed by atoms with Crippen LogP contribution in [0.1, 0.15) is 5.56 Å². The van der Waals surface area contributed by atoms with E-state index >= 15 is 0 Å². The van der Waals surface area contributed by atoms with E-state index in [0.29, 0.717) is 4.47 Å². The van der Waals surface area contributed by atoms with Gasteiger partial charge >= 0.3 is 0 Å². The summed E-state index contributed by atoms with van der Waals surface area (Å²) in [6, 6.07) is 10.4. The van der Waals surface area contributed by atoms with Crippen LogP contribution in [0.2, 0.25) is 0 Å². The molecule has 1 aromatic carbocycles. The number of nitrogens with one attached hydrogen (secondary N) is 1. The first-order chi connectivity index (χ1) is 11.5. The molecular formula is C16H15BrN4O2S. The van der Waals surface area contributed by atoms with Crippen molar-refractivity contribution in [3.8, 4) is 11.3 Å². The van der Waals surface area contributed by atoms with E-state index in [1.165, 1.54) is 0 Å². The summed E-state index contributed by atoms with van der Waals surface area (Å²) in [7, 11) is -1.74. The summed E-state index contributed by atoms with van der Waals surface area (Å²) in [4.78, 5) is 4.57. The first-order valence-electron chi connectivity index (χ1n) is 7.14. The molecular weight excluding hydrogens is 392 g/mol. The highest BCUT2D eigenvalue weighted by molar-refractivity contribution is 9.10. The number of sulfonamides is 1. The van der Waals surface area contributed by atoms with Crippen molar-refractivity contribution in [2.75, 3.05) is 0 Å². The van der Waals surface area contributed by atoms with Crippen molar-refractivity contribution in [2.24, 2.45) is 7.05 Å². The van der Waals surface area contributed by atoms with Crippen LogP contribution in [-0.2, 0) is 23.6 Å². The maximum atomic E-state index is 12.3. The van der Waals surface area contributed by atoms with E-state index in [1.807, 2.05) is 25.4 Å². The van der Waals surface area contributed by atoms with Crippen molar-refractivity contribution in [3.63, 3.8) is 0 Å². The second-order valence-electron chi connectivity index (χ2n) is 5.21. The minimum atomic E-state index is -3.59. The highest BCUT2D eigenvalue weighted by atomic mass is 79.9. The normalized spacial score (nSPS) is 11.6. The Balaban J connectivity index is 1.72. The third-order valence-corrected chi connectivity index (χ3v) is 5.83. The molecule has 6 nitrogen and oxygen atoms in total. The van der Waals surface area contributed by atoms with E-state index in [4.69, 9.17) is 0 Å². The minimum absolute atomic E-state index is 0.171. The van der Waals surface area contributed by atoms with Gasteiger partial charge in [-0.25, -0.2) is 13.1 Å². The monoisotopic (exact) mass is 406 g/mol. The molecule has 24 heavy (non-hydrogen) atoms. The molecule has 2 aromatic heterocycles. The second-order valence-corrected chi connectivity index (χ2v) is 7.80. The Morgan fingerprint density at radius 3 is 2.58 bits per heavy atom. The molecule has 8 heteroatoms. The van der Waals surface area contributed by atoms with Crippen molar-refractivity contribution in [1.82, 2.24) is 19.5 Å². The number of aromatic nitrogens is 3. The van der Waals surface area contributed by atoms with E-state index in [9.17, 15) is 8.42 Å². The molecule has 0 amide bonds. The van der Waals surface area contributed by atoms with Gasteiger partial charge < -0.3 is 0 Å². The second kappa shape index (κ2) is 6.84. The Kier molecular flexibility index (Phi) is 4.79. The topological polar surface area (TPSA) is 76.9 Å². The number of pyridine rings is 1. The van der Waals surface area contributed by atoms with Crippen LogP contribution in [0, 0.1) is 0 Å². The minimum Gasteiger partial charge on any atom is -0.275 e.